The van der Waals surface area contributed by atoms with Gasteiger partial charge in [-0.3, -0.25) is 0 Å². The van der Waals surface area contributed by atoms with Crippen molar-refractivity contribution in [3.8, 4) is 28.4 Å². The van der Waals surface area contributed by atoms with Gasteiger partial charge in [0.25, 0.3) is 0 Å². The smallest absolute Gasteiger partial charge is 0.203 e. The van der Waals surface area contributed by atoms with E-state index in [2.05, 4.69) is 88.4 Å². The molecule has 3 aromatic carbocycles. The minimum absolute atomic E-state index is 0.827. The lowest BCUT2D eigenvalue weighted by Gasteiger charge is -2.23. The first kappa shape index (κ1) is 24.5. The van der Waals surface area contributed by atoms with Gasteiger partial charge in [-0.05, 0) is 47.6 Å². The van der Waals surface area contributed by atoms with Gasteiger partial charge < -0.3 is 14.1 Å². The SMILES string of the molecule is CN(C)c1ccc2c(c1)OC(c1ccccc1)=CC2=Cc1cc(-c2ccccc2)oc2cc(=[N+](C)C)ccc1-2. The second-order valence-electron chi connectivity index (χ2n) is 10.2. The Morgan fingerprint density at radius 1 is 0.692 bits per heavy atom. The van der Waals surface area contributed by atoms with Gasteiger partial charge in [0.15, 0.2) is 0 Å². The first-order chi connectivity index (χ1) is 19.0. The van der Waals surface area contributed by atoms with Gasteiger partial charge >= 0.3 is 0 Å². The van der Waals surface area contributed by atoms with Gasteiger partial charge in [0.1, 0.15) is 37.1 Å². The summed E-state index contributed by atoms with van der Waals surface area (Å²) in [5.74, 6) is 3.34. The number of hydrogen-bond acceptors (Lipinski definition) is 3. The lowest BCUT2D eigenvalue weighted by Crippen LogP contribution is -2.21. The van der Waals surface area contributed by atoms with Crippen molar-refractivity contribution in [2.45, 2.75) is 0 Å². The van der Waals surface area contributed by atoms with E-state index in [0.717, 1.165) is 67.5 Å². The molecule has 3 aromatic rings. The maximum atomic E-state index is 6.47. The van der Waals surface area contributed by atoms with Crippen molar-refractivity contribution >= 4 is 23.1 Å². The third-order valence-electron chi connectivity index (χ3n) is 7.03. The van der Waals surface area contributed by atoms with Crippen LogP contribution in [0.3, 0.4) is 0 Å². The second kappa shape index (κ2) is 10.1. The molecule has 192 valence electrons. The summed E-state index contributed by atoms with van der Waals surface area (Å²) in [4.78, 5) is 2.09. The summed E-state index contributed by atoms with van der Waals surface area (Å²) in [5, 5.41) is 1.09. The van der Waals surface area contributed by atoms with Gasteiger partial charge in [0, 0.05) is 54.2 Å². The molecule has 4 nitrogen and oxygen atoms in total. The van der Waals surface area contributed by atoms with Crippen LogP contribution in [0.5, 0.6) is 5.75 Å². The molecule has 0 unspecified atom stereocenters. The zero-order valence-corrected chi connectivity index (χ0v) is 22.7. The van der Waals surface area contributed by atoms with Gasteiger partial charge in [-0.2, -0.15) is 0 Å². The van der Waals surface area contributed by atoms with Crippen LogP contribution in [0.4, 0.5) is 5.69 Å². The third-order valence-corrected chi connectivity index (χ3v) is 7.03. The maximum Gasteiger partial charge on any atom is 0.203 e. The molecule has 0 saturated heterocycles. The van der Waals surface area contributed by atoms with Crippen molar-refractivity contribution in [2.75, 3.05) is 33.1 Å². The van der Waals surface area contributed by atoms with Gasteiger partial charge in [-0.25, -0.2) is 4.58 Å². The number of fused-ring (bicyclic) bond motifs is 2. The number of hydrogen-bond donors (Lipinski definition) is 0. The van der Waals surface area contributed by atoms with Crippen LogP contribution in [0.25, 0.3) is 40.1 Å². The molecule has 0 fully saturated rings. The van der Waals surface area contributed by atoms with Gasteiger partial charge in [0.05, 0.1) is 6.07 Å². The van der Waals surface area contributed by atoms with E-state index in [4.69, 9.17) is 9.15 Å². The number of allylic oxidation sites excluding steroid dienone is 2. The third kappa shape index (κ3) is 4.89. The fourth-order valence-corrected chi connectivity index (χ4v) is 4.85. The number of ether oxygens (including phenoxy) is 1. The first-order valence-electron chi connectivity index (χ1n) is 13.1. The van der Waals surface area contributed by atoms with E-state index < -0.39 is 0 Å². The van der Waals surface area contributed by atoms with Crippen molar-refractivity contribution < 1.29 is 9.15 Å². The molecule has 39 heavy (non-hydrogen) atoms. The first-order valence-corrected chi connectivity index (χ1v) is 13.1. The standard InChI is InChI=1S/C35H31N2O2/c1-36(2)28-15-17-30-26(20-32(38-34(30)22-28)24-11-7-5-8-12-24)19-27-21-33(25-13-9-6-10-14-25)39-35-23-29(37(3)4)16-18-31(27)35/h5-23H,1-4H3/q+1. The Morgan fingerprint density at radius 2 is 1.38 bits per heavy atom. The average Bonchev–Trinajstić information content (AvgIpc) is 2.97. The molecule has 0 saturated carbocycles. The fraction of sp³-hybridized carbons (Fsp3) is 0.114. The largest absolute Gasteiger partial charge is 0.456 e. The second-order valence-corrected chi connectivity index (χ2v) is 10.2. The molecule has 0 amide bonds. The molecule has 0 radical (unpaired) electrons. The molecular formula is C35H31N2O2+. The molecule has 2 aliphatic heterocycles. The molecule has 4 heteroatoms. The molecule has 0 atom stereocenters. The van der Waals surface area contributed by atoms with Gasteiger partial charge in [0.2, 0.25) is 5.36 Å². The summed E-state index contributed by atoms with van der Waals surface area (Å²) in [6, 6.07) is 35.4. The predicted octanol–water partition coefficient (Wildman–Crippen LogP) is 7.12. The lowest BCUT2D eigenvalue weighted by molar-refractivity contribution is 0.509. The monoisotopic (exact) mass is 511 g/mol. The van der Waals surface area contributed by atoms with Crippen LogP contribution < -0.4 is 19.6 Å². The maximum absolute atomic E-state index is 6.47. The van der Waals surface area contributed by atoms with Crippen LogP contribution in [0.1, 0.15) is 16.7 Å². The Morgan fingerprint density at radius 3 is 2.08 bits per heavy atom. The van der Waals surface area contributed by atoms with Crippen LogP contribution in [-0.2, 0) is 0 Å². The zero-order chi connectivity index (χ0) is 26.9. The van der Waals surface area contributed by atoms with Crippen LogP contribution in [0.2, 0.25) is 0 Å². The molecule has 0 aromatic heterocycles. The minimum atomic E-state index is 0.827. The zero-order valence-electron chi connectivity index (χ0n) is 22.7. The molecule has 0 N–H and O–H groups in total. The lowest BCUT2D eigenvalue weighted by atomic mass is 9.94. The summed E-state index contributed by atoms with van der Waals surface area (Å²) in [6.45, 7) is 0. The van der Waals surface area contributed by atoms with Crippen LogP contribution >= 0.6 is 0 Å². The highest BCUT2D eigenvalue weighted by molar-refractivity contribution is 5.98. The molecule has 0 bridgehead atoms. The number of anilines is 1. The van der Waals surface area contributed by atoms with Crippen molar-refractivity contribution in [2.24, 2.45) is 0 Å². The van der Waals surface area contributed by atoms with Crippen LogP contribution in [0, 0.1) is 0 Å². The van der Waals surface area contributed by atoms with Crippen molar-refractivity contribution in [1.82, 2.24) is 4.58 Å². The molecular weight excluding hydrogens is 480 g/mol. The van der Waals surface area contributed by atoms with Gasteiger partial charge in [-0.1, -0.05) is 60.7 Å². The Labute approximate surface area is 229 Å². The normalized spacial score (nSPS) is 13.5. The van der Waals surface area contributed by atoms with E-state index in [1.807, 2.05) is 64.6 Å². The Balaban J connectivity index is 1.60. The molecule has 3 aliphatic rings. The minimum Gasteiger partial charge on any atom is -0.456 e. The van der Waals surface area contributed by atoms with Crippen LogP contribution in [0.15, 0.2) is 114 Å². The van der Waals surface area contributed by atoms with E-state index in [9.17, 15) is 0 Å². The van der Waals surface area contributed by atoms with E-state index >= 15 is 0 Å². The van der Waals surface area contributed by atoms with E-state index in [0.29, 0.717) is 0 Å². The number of nitrogens with zero attached hydrogens (tertiary/aromatic N) is 2. The van der Waals surface area contributed by atoms with Crippen molar-refractivity contribution in [3.63, 3.8) is 0 Å². The predicted molar refractivity (Wildman–Crippen MR) is 162 cm³/mol. The Hall–Kier alpha value is -4.83. The van der Waals surface area contributed by atoms with E-state index in [1.165, 1.54) is 0 Å². The highest BCUT2D eigenvalue weighted by Crippen LogP contribution is 2.41. The Bertz CT molecular complexity index is 1760. The van der Waals surface area contributed by atoms with Crippen LogP contribution in [-0.4, -0.2) is 28.2 Å². The highest BCUT2D eigenvalue weighted by Gasteiger charge is 2.21. The fourth-order valence-electron chi connectivity index (χ4n) is 4.85. The molecule has 2 heterocycles. The van der Waals surface area contributed by atoms with Gasteiger partial charge in [-0.15, -0.1) is 0 Å². The number of rotatable bonds is 4. The molecule has 6 rings (SSSR count). The summed E-state index contributed by atoms with van der Waals surface area (Å²) >= 11 is 0. The molecule has 0 spiro atoms. The van der Waals surface area contributed by atoms with E-state index in [1.54, 1.807) is 0 Å². The summed E-state index contributed by atoms with van der Waals surface area (Å²) < 4.78 is 15.0. The van der Waals surface area contributed by atoms with Crippen molar-refractivity contribution in [3.05, 3.63) is 131 Å². The summed E-state index contributed by atoms with van der Waals surface area (Å²) in [6.07, 6.45) is 4.39. The Kier molecular flexibility index (Phi) is 6.37. The number of benzene rings is 4. The highest BCUT2D eigenvalue weighted by atomic mass is 16.5. The summed E-state index contributed by atoms with van der Waals surface area (Å²) in [5.41, 5.74) is 7.46. The molecule has 1 aliphatic carbocycles. The average molecular weight is 512 g/mol. The quantitative estimate of drug-likeness (QED) is 0.241. The summed E-state index contributed by atoms with van der Waals surface area (Å²) in [7, 11) is 8.17. The topological polar surface area (TPSA) is 28.6 Å². The van der Waals surface area contributed by atoms with Crippen molar-refractivity contribution in [1.29, 1.82) is 0 Å². The van der Waals surface area contributed by atoms with E-state index in [-0.39, 0.29) is 0 Å².